The number of nitro groups is 1. The number of amides is 2. The Bertz CT molecular complexity index is 1000. The number of thioether (sulfide) groups is 2. The number of benzene rings is 2. The van der Waals surface area contributed by atoms with Crippen molar-refractivity contribution in [3.05, 3.63) is 63.7 Å². The van der Waals surface area contributed by atoms with Gasteiger partial charge >= 0.3 is 0 Å². The van der Waals surface area contributed by atoms with Crippen LogP contribution in [0.5, 0.6) is 0 Å². The summed E-state index contributed by atoms with van der Waals surface area (Å²) in [6.07, 6.45) is 1.81. The minimum atomic E-state index is -0.749. The third-order valence-electron chi connectivity index (χ3n) is 4.36. The van der Waals surface area contributed by atoms with Crippen molar-refractivity contribution in [2.45, 2.75) is 10.9 Å². The lowest BCUT2D eigenvalue weighted by atomic mass is 10.1. The fourth-order valence-electron chi connectivity index (χ4n) is 2.84. The monoisotopic (exact) mass is 428 g/mol. The normalized spacial score (nSPS) is 15.6. The van der Waals surface area contributed by atoms with E-state index in [-0.39, 0.29) is 23.0 Å². The molecule has 1 unspecified atom stereocenters. The number of nitrogens with one attached hydrogen (secondary N) is 1. The van der Waals surface area contributed by atoms with E-state index in [0.29, 0.717) is 17.0 Å². The molecule has 0 bridgehead atoms. The molecule has 29 heavy (non-hydrogen) atoms. The van der Waals surface area contributed by atoms with Gasteiger partial charge in [-0.05, 0) is 42.7 Å². The summed E-state index contributed by atoms with van der Waals surface area (Å²) in [5, 5.41) is 23.0. The number of nitro benzene ring substituents is 1. The van der Waals surface area contributed by atoms with E-state index in [1.807, 2.05) is 12.3 Å². The Morgan fingerprint density at radius 1 is 1.31 bits per heavy atom. The number of hydrogen-bond donors (Lipinski definition) is 1. The molecule has 1 heterocycles. The zero-order chi connectivity index (χ0) is 21.0. The van der Waals surface area contributed by atoms with Gasteiger partial charge in [0, 0.05) is 22.4 Å². The van der Waals surface area contributed by atoms with Crippen LogP contribution in [0.2, 0.25) is 0 Å². The van der Waals surface area contributed by atoms with Crippen molar-refractivity contribution >= 4 is 46.7 Å². The average Bonchev–Trinajstić information content (AvgIpc) is 3.23. The van der Waals surface area contributed by atoms with Gasteiger partial charge in [0.1, 0.15) is 11.6 Å². The quantitative estimate of drug-likeness (QED) is 0.441. The first-order valence-corrected chi connectivity index (χ1v) is 10.8. The summed E-state index contributed by atoms with van der Waals surface area (Å²) in [5.74, 6) is -0.260. The molecule has 0 aromatic heterocycles. The van der Waals surface area contributed by atoms with Gasteiger partial charge < -0.3 is 10.2 Å². The first-order valence-electron chi connectivity index (χ1n) is 8.46. The lowest BCUT2D eigenvalue weighted by molar-refractivity contribution is -0.385. The zero-order valence-electron chi connectivity index (χ0n) is 15.3. The fourth-order valence-corrected chi connectivity index (χ4v) is 4.43. The molecule has 1 aliphatic rings. The summed E-state index contributed by atoms with van der Waals surface area (Å²) >= 11 is 2.78. The number of rotatable bonds is 5. The minimum absolute atomic E-state index is 0.0273. The minimum Gasteiger partial charge on any atom is -0.324 e. The number of carbonyl (C=O) groups is 2. The first-order chi connectivity index (χ1) is 13.9. The molecule has 1 saturated heterocycles. The largest absolute Gasteiger partial charge is 0.324 e. The van der Waals surface area contributed by atoms with E-state index in [0.717, 1.165) is 4.90 Å². The molecular weight excluding hydrogens is 412 g/mol. The number of carbonyl (C=O) groups excluding carboxylic acids is 2. The molecule has 2 aromatic rings. The van der Waals surface area contributed by atoms with Gasteiger partial charge in [0.25, 0.3) is 11.6 Å². The lowest BCUT2D eigenvalue weighted by Gasteiger charge is -2.23. The number of anilines is 1. The molecule has 1 atom stereocenters. The maximum absolute atomic E-state index is 13.1. The van der Waals surface area contributed by atoms with Gasteiger partial charge in [-0.3, -0.25) is 19.7 Å². The van der Waals surface area contributed by atoms with Crippen LogP contribution in [0.15, 0.2) is 47.4 Å². The molecule has 0 saturated carbocycles. The predicted octanol–water partition coefficient (Wildman–Crippen LogP) is 3.34. The van der Waals surface area contributed by atoms with Gasteiger partial charge in [-0.2, -0.15) is 5.26 Å². The molecule has 148 valence electrons. The van der Waals surface area contributed by atoms with Gasteiger partial charge in [0.15, 0.2) is 0 Å². The summed E-state index contributed by atoms with van der Waals surface area (Å²) in [4.78, 5) is 38.7. The predicted molar refractivity (Wildman–Crippen MR) is 112 cm³/mol. The Balaban J connectivity index is 1.83. The number of nitrogens with zero attached hydrogens (tertiary/aromatic N) is 3. The van der Waals surface area contributed by atoms with Crippen molar-refractivity contribution in [2.24, 2.45) is 0 Å². The highest BCUT2D eigenvalue weighted by molar-refractivity contribution is 7.99. The Hall–Kier alpha value is -3.03. The Kier molecular flexibility index (Phi) is 6.41. The van der Waals surface area contributed by atoms with Crippen molar-refractivity contribution < 1.29 is 14.5 Å². The van der Waals surface area contributed by atoms with Crippen LogP contribution < -0.4 is 5.32 Å². The Morgan fingerprint density at radius 3 is 2.66 bits per heavy atom. The molecule has 0 aliphatic carbocycles. The van der Waals surface area contributed by atoms with Crippen molar-refractivity contribution in [1.29, 1.82) is 5.26 Å². The van der Waals surface area contributed by atoms with Crippen LogP contribution in [0.3, 0.4) is 0 Å². The van der Waals surface area contributed by atoms with E-state index in [9.17, 15) is 19.7 Å². The maximum Gasteiger partial charge on any atom is 0.282 e. The van der Waals surface area contributed by atoms with Crippen LogP contribution in [0.25, 0.3) is 0 Å². The summed E-state index contributed by atoms with van der Waals surface area (Å²) in [6.45, 7) is 0. The van der Waals surface area contributed by atoms with E-state index >= 15 is 0 Å². The van der Waals surface area contributed by atoms with Crippen molar-refractivity contribution in [3.8, 4) is 6.07 Å². The summed E-state index contributed by atoms with van der Waals surface area (Å²) < 4.78 is 0. The molecule has 10 heteroatoms. The SMILES string of the molecule is CSc1ccc([N+](=O)[O-])c(C(=O)N2CSCC2C(=O)Nc2ccc(C#N)cc2)c1. The topological polar surface area (TPSA) is 116 Å². The summed E-state index contributed by atoms with van der Waals surface area (Å²) in [5.41, 5.74) is 0.669. The molecule has 1 aliphatic heterocycles. The van der Waals surface area contributed by atoms with Gasteiger partial charge in [0.05, 0.1) is 22.4 Å². The second kappa shape index (κ2) is 8.98. The van der Waals surface area contributed by atoms with Crippen molar-refractivity contribution in [3.63, 3.8) is 0 Å². The van der Waals surface area contributed by atoms with Crippen LogP contribution in [0.1, 0.15) is 15.9 Å². The molecule has 3 rings (SSSR count). The maximum atomic E-state index is 13.1. The lowest BCUT2D eigenvalue weighted by Crippen LogP contribution is -2.44. The second-order valence-corrected chi connectivity index (χ2v) is 7.99. The van der Waals surface area contributed by atoms with Gasteiger partial charge in [-0.25, -0.2) is 0 Å². The van der Waals surface area contributed by atoms with E-state index in [1.165, 1.54) is 40.6 Å². The summed E-state index contributed by atoms with van der Waals surface area (Å²) in [7, 11) is 0. The smallest absolute Gasteiger partial charge is 0.282 e. The van der Waals surface area contributed by atoms with Gasteiger partial charge in [-0.15, -0.1) is 23.5 Å². The van der Waals surface area contributed by atoms with Gasteiger partial charge in [0.2, 0.25) is 5.91 Å². The Labute approximate surface area is 175 Å². The number of hydrogen-bond acceptors (Lipinski definition) is 7. The van der Waals surface area contributed by atoms with Crippen LogP contribution in [0.4, 0.5) is 11.4 Å². The molecule has 8 nitrogen and oxygen atoms in total. The van der Waals surface area contributed by atoms with E-state index < -0.39 is 16.9 Å². The van der Waals surface area contributed by atoms with Gasteiger partial charge in [-0.1, -0.05) is 0 Å². The third-order valence-corrected chi connectivity index (χ3v) is 6.10. The standard InChI is InChI=1S/C19H16N4O4S2/c1-28-14-6-7-16(23(26)27)15(8-14)19(25)22-11-29-10-17(22)18(24)21-13-4-2-12(9-20)3-5-13/h2-8,17H,10-11H2,1H3,(H,21,24). The average molecular weight is 428 g/mol. The van der Waals surface area contributed by atoms with E-state index in [1.54, 1.807) is 30.3 Å². The first kappa shape index (κ1) is 20.7. The van der Waals surface area contributed by atoms with E-state index in [2.05, 4.69) is 5.32 Å². The summed E-state index contributed by atoms with van der Waals surface area (Å²) in [6, 6.07) is 12.0. The highest BCUT2D eigenvalue weighted by Gasteiger charge is 2.37. The molecule has 1 N–H and O–H groups in total. The Morgan fingerprint density at radius 2 is 2.03 bits per heavy atom. The van der Waals surface area contributed by atoms with Crippen LogP contribution in [0, 0.1) is 21.4 Å². The van der Waals surface area contributed by atoms with Crippen LogP contribution in [-0.2, 0) is 4.79 Å². The van der Waals surface area contributed by atoms with Crippen molar-refractivity contribution in [1.82, 2.24) is 4.90 Å². The fraction of sp³-hybridized carbons (Fsp3) is 0.211. The highest BCUT2D eigenvalue weighted by atomic mass is 32.2. The third kappa shape index (κ3) is 4.52. The van der Waals surface area contributed by atoms with E-state index in [4.69, 9.17) is 5.26 Å². The molecular formula is C19H16N4O4S2. The molecule has 2 amide bonds. The molecule has 0 spiro atoms. The van der Waals surface area contributed by atoms with Crippen molar-refractivity contribution in [2.75, 3.05) is 23.2 Å². The van der Waals surface area contributed by atoms with Crippen LogP contribution in [-0.4, -0.2) is 45.6 Å². The van der Waals surface area contributed by atoms with Crippen LogP contribution >= 0.6 is 23.5 Å². The molecule has 0 radical (unpaired) electrons. The highest BCUT2D eigenvalue weighted by Crippen LogP contribution is 2.30. The molecule has 1 fully saturated rings. The zero-order valence-corrected chi connectivity index (χ0v) is 17.0. The second-order valence-electron chi connectivity index (χ2n) is 6.11. The molecule has 2 aromatic carbocycles. The number of nitriles is 1.